The van der Waals surface area contributed by atoms with Gasteiger partial charge in [0.05, 0.1) is 37.3 Å². The van der Waals surface area contributed by atoms with Crippen LogP contribution in [-0.2, 0) is 14.3 Å². The maximum Gasteiger partial charge on any atom is 0.402 e. The van der Waals surface area contributed by atoms with Crippen molar-refractivity contribution >= 4 is 29.2 Å². The standard InChI is InChI=1S/C23H30ClF3N6O4/c24-14-9-18-21(28-10-14)33-6-5-31(12-15(33)2-8-37-18)19(34)3-7-36-13-16-1-4-32(16)17-11-29-30-22(35)20(17)23(25,26)27/h9-10,15-17,20,29H,1-8,11-13H2,(H,30,35)/t15-,16-,17?,20?/m0/s1. The average molecular weight is 547 g/mol. The van der Waals surface area contributed by atoms with Crippen LogP contribution in [0.25, 0.3) is 0 Å². The number of rotatable bonds is 6. The lowest BCUT2D eigenvalue weighted by Crippen LogP contribution is -2.69. The molecule has 5 rings (SSSR count). The zero-order valence-electron chi connectivity index (χ0n) is 20.2. The van der Waals surface area contributed by atoms with E-state index < -0.39 is 24.0 Å². The molecule has 0 saturated carbocycles. The molecule has 0 bridgehead atoms. The summed E-state index contributed by atoms with van der Waals surface area (Å²) in [5, 5.41) is 0.511. The molecule has 1 aromatic rings. The van der Waals surface area contributed by atoms with Crippen molar-refractivity contribution in [3.05, 3.63) is 17.3 Å². The lowest BCUT2D eigenvalue weighted by atomic mass is 9.89. The quantitative estimate of drug-likeness (QED) is 0.514. The smallest absolute Gasteiger partial charge is 0.402 e. The summed E-state index contributed by atoms with van der Waals surface area (Å²) in [4.78, 5) is 34.8. The molecular weight excluding hydrogens is 517 g/mol. The van der Waals surface area contributed by atoms with E-state index in [9.17, 15) is 22.8 Å². The highest BCUT2D eigenvalue weighted by Crippen LogP contribution is 2.36. The van der Waals surface area contributed by atoms with Crippen LogP contribution in [0.5, 0.6) is 5.75 Å². The number of hydrazine groups is 1. The summed E-state index contributed by atoms with van der Waals surface area (Å²) in [5.41, 5.74) is 4.64. The first-order valence-corrected chi connectivity index (χ1v) is 12.9. The van der Waals surface area contributed by atoms with E-state index in [0.29, 0.717) is 50.0 Å². The molecule has 4 aliphatic heterocycles. The summed E-state index contributed by atoms with van der Waals surface area (Å²) in [6.07, 6.45) is -1.41. The minimum atomic E-state index is -4.62. The third kappa shape index (κ3) is 5.59. The number of hydrogen-bond acceptors (Lipinski definition) is 8. The fourth-order valence-electron chi connectivity index (χ4n) is 5.55. The third-order valence-electron chi connectivity index (χ3n) is 7.54. The van der Waals surface area contributed by atoms with Crippen molar-refractivity contribution in [1.29, 1.82) is 0 Å². The molecule has 4 aliphatic rings. The molecule has 2 N–H and O–H groups in total. The molecule has 204 valence electrons. The SMILES string of the molecule is O=C1NNCC(N2CC[C@H]2COCCC(=O)N2CCN3c4ncc(Cl)cc4OCC[C@H]3C2)C1C(F)(F)F. The maximum absolute atomic E-state index is 13.5. The summed E-state index contributed by atoms with van der Waals surface area (Å²) in [6.45, 7) is 3.12. The molecule has 0 spiro atoms. The predicted octanol–water partition coefficient (Wildman–Crippen LogP) is 1.20. The molecule has 5 heterocycles. The van der Waals surface area contributed by atoms with E-state index in [1.165, 1.54) is 0 Å². The van der Waals surface area contributed by atoms with Crippen LogP contribution in [0, 0.1) is 5.92 Å². The Bertz CT molecular complexity index is 1020. The van der Waals surface area contributed by atoms with E-state index in [4.69, 9.17) is 21.1 Å². The summed E-state index contributed by atoms with van der Waals surface area (Å²) in [7, 11) is 0. The Morgan fingerprint density at radius 2 is 2.11 bits per heavy atom. The number of hydrogen-bond donors (Lipinski definition) is 2. The summed E-state index contributed by atoms with van der Waals surface area (Å²) >= 11 is 6.05. The van der Waals surface area contributed by atoms with Crippen LogP contribution in [0.3, 0.4) is 0 Å². The maximum atomic E-state index is 13.5. The van der Waals surface area contributed by atoms with Gasteiger partial charge in [-0.3, -0.25) is 19.9 Å². The van der Waals surface area contributed by atoms with E-state index in [1.54, 1.807) is 17.2 Å². The highest BCUT2D eigenvalue weighted by molar-refractivity contribution is 6.30. The van der Waals surface area contributed by atoms with Crippen LogP contribution in [0.15, 0.2) is 12.3 Å². The Hall–Kier alpha value is -2.35. The van der Waals surface area contributed by atoms with Gasteiger partial charge in [0.2, 0.25) is 11.8 Å². The van der Waals surface area contributed by atoms with Crippen molar-refractivity contribution in [1.82, 2.24) is 25.6 Å². The van der Waals surface area contributed by atoms with E-state index in [1.807, 2.05) is 4.90 Å². The second-order valence-corrected chi connectivity index (χ2v) is 10.2. The number of ether oxygens (including phenoxy) is 2. The second-order valence-electron chi connectivity index (χ2n) is 9.76. The van der Waals surface area contributed by atoms with Gasteiger partial charge < -0.3 is 19.3 Å². The van der Waals surface area contributed by atoms with E-state index in [-0.39, 0.29) is 44.2 Å². The van der Waals surface area contributed by atoms with E-state index in [2.05, 4.69) is 20.7 Å². The molecule has 4 atom stereocenters. The van der Waals surface area contributed by atoms with Crippen LogP contribution in [0.2, 0.25) is 5.02 Å². The fraction of sp³-hybridized carbons (Fsp3) is 0.696. The molecule has 10 nitrogen and oxygen atoms in total. The zero-order valence-corrected chi connectivity index (χ0v) is 20.9. The molecule has 3 fully saturated rings. The number of amides is 2. The molecule has 2 amide bonds. The molecule has 2 unspecified atom stereocenters. The number of carbonyl (C=O) groups is 2. The number of nitrogens with one attached hydrogen (secondary N) is 2. The molecule has 0 radical (unpaired) electrons. The van der Waals surface area contributed by atoms with Gasteiger partial charge in [-0.05, 0) is 6.42 Å². The third-order valence-corrected chi connectivity index (χ3v) is 7.75. The number of halogens is 4. The van der Waals surface area contributed by atoms with Crippen LogP contribution in [-0.4, -0.2) is 103 Å². The lowest BCUT2D eigenvalue weighted by Gasteiger charge is -2.49. The topological polar surface area (TPSA) is 99.3 Å². The van der Waals surface area contributed by atoms with Gasteiger partial charge in [-0.1, -0.05) is 11.6 Å². The van der Waals surface area contributed by atoms with Crippen LogP contribution in [0.1, 0.15) is 19.3 Å². The second kappa shape index (κ2) is 10.8. The summed E-state index contributed by atoms with van der Waals surface area (Å²) in [6, 6.07) is 0.647. The number of fused-ring (bicyclic) bond motifs is 3. The van der Waals surface area contributed by atoms with Crippen molar-refractivity contribution in [2.45, 2.75) is 43.6 Å². The molecule has 3 saturated heterocycles. The van der Waals surface area contributed by atoms with Gasteiger partial charge in [-0.2, -0.15) is 13.2 Å². The molecule has 0 aliphatic carbocycles. The largest absolute Gasteiger partial charge is 0.490 e. The Morgan fingerprint density at radius 3 is 2.86 bits per heavy atom. The number of nitrogens with zero attached hydrogens (tertiary/aromatic N) is 4. The Kier molecular flexibility index (Phi) is 7.66. The minimum absolute atomic E-state index is 0.0100. The van der Waals surface area contributed by atoms with Gasteiger partial charge in [0.15, 0.2) is 17.5 Å². The molecule has 0 aromatic carbocycles. The molecular formula is C23H30ClF3N6O4. The van der Waals surface area contributed by atoms with Gasteiger partial charge in [-0.25, -0.2) is 10.4 Å². The normalized spacial score (nSPS) is 28.4. The number of likely N-dealkylation sites (tertiary alicyclic amines) is 1. The van der Waals surface area contributed by atoms with Crippen LogP contribution >= 0.6 is 11.6 Å². The summed E-state index contributed by atoms with van der Waals surface area (Å²) in [5.74, 6) is -1.77. The number of pyridine rings is 1. The monoisotopic (exact) mass is 546 g/mol. The minimum Gasteiger partial charge on any atom is -0.490 e. The predicted molar refractivity (Wildman–Crippen MR) is 127 cm³/mol. The average Bonchev–Trinajstić information content (AvgIpc) is 3.00. The Morgan fingerprint density at radius 1 is 1.27 bits per heavy atom. The van der Waals surface area contributed by atoms with Crippen molar-refractivity contribution < 1.29 is 32.2 Å². The number of carbonyl (C=O) groups excluding carboxylic acids is 2. The lowest BCUT2D eigenvalue weighted by molar-refractivity contribution is -0.208. The number of aromatic nitrogens is 1. The van der Waals surface area contributed by atoms with Crippen LogP contribution in [0.4, 0.5) is 19.0 Å². The first-order chi connectivity index (χ1) is 17.7. The first-order valence-electron chi connectivity index (χ1n) is 12.5. The first kappa shape index (κ1) is 26.3. The molecule has 1 aromatic heterocycles. The van der Waals surface area contributed by atoms with Crippen molar-refractivity contribution in [2.75, 3.05) is 57.4 Å². The van der Waals surface area contributed by atoms with Gasteiger partial charge >= 0.3 is 6.18 Å². The van der Waals surface area contributed by atoms with Gasteiger partial charge in [0, 0.05) is 63.5 Å². The number of anilines is 1. The summed E-state index contributed by atoms with van der Waals surface area (Å²) < 4.78 is 51.9. The van der Waals surface area contributed by atoms with E-state index >= 15 is 0 Å². The van der Waals surface area contributed by atoms with E-state index in [0.717, 1.165) is 12.2 Å². The zero-order chi connectivity index (χ0) is 26.2. The molecule has 37 heavy (non-hydrogen) atoms. The Labute approximate surface area is 217 Å². The highest BCUT2D eigenvalue weighted by Gasteiger charge is 2.55. The van der Waals surface area contributed by atoms with Crippen molar-refractivity contribution in [2.24, 2.45) is 5.92 Å². The van der Waals surface area contributed by atoms with Crippen LogP contribution < -0.4 is 20.5 Å². The number of piperazine rings is 1. The van der Waals surface area contributed by atoms with Crippen molar-refractivity contribution in [3.8, 4) is 5.75 Å². The van der Waals surface area contributed by atoms with Gasteiger partial charge in [0.1, 0.15) is 0 Å². The van der Waals surface area contributed by atoms with Gasteiger partial charge in [0.25, 0.3) is 0 Å². The highest BCUT2D eigenvalue weighted by atomic mass is 35.5. The fourth-order valence-corrected chi connectivity index (χ4v) is 5.70. The van der Waals surface area contributed by atoms with Gasteiger partial charge in [-0.15, -0.1) is 0 Å². The molecule has 14 heteroatoms. The number of alkyl halides is 3. The Balaban J connectivity index is 1.08. The van der Waals surface area contributed by atoms with Crippen molar-refractivity contribution in [3.63, 3.8) is 0 Å².